The second kappa shape index (κ2) is 3.79. The number of hydrogen-bond donors (Lipinski definition) is 0. The van der Waals surface area contributed by atoms with Crippen molar-refractivity contribution < 1.29 is 22.3 Å². The molecule has 1 aliphatic heterocycles. The predicted molar refractivity (Wildman–Crippen MR) is 57.1 cm³/mol. The Bertz CT molecular complexity index is 584. The number of rotatable bonds is 3. The highest BCUT2D eigenvalue weighted by Crippen LogP contribution is 2.23. The van der Waals surface area contributed by atoms with Gasteiger partial charge in [0.05, 0.1) is 16.5 Å². The van der Waals surface area contributed by atoms with Gasteiger partial charge < -0.3 is 0 Å². The number of fused-ring (bicyclic) bond motifs is 1. The maximum atomic E-state index is 11.7. The van der Waals surface area contributed by atoms with Crippen LogP contribution in [0.1, 0.15) is 20.7 Å². The quantitative estimate of drug-likeness (QED) is 0.740. The molecule has 0 fully saturated rings. The zero-order valence-corrected chi connectivity index (χ0v) is 9.31. The molecule has 6 nitrogen and oxygen atoms in total. The number of carbonyl (C=O) groups is 2. The van der Waals surface area contributed by atoms with E-state index in [0.29, 0.717) is 5.41 Å². The lowest BCUT2D eigenvalue weighted by molar-refractivity contribution is -0.00934. The Morgan fingerprint density at radius 2 is 1.59 bits per heavy atom. The summed E-state index contributed by atoms with van der Waals surface area (Å²) in [6.07, 6.45) is 0. The van der Waals surface area contributed by atoms with Crippen molar-refractivity contribution in [2.24, 2.45) is 0 Å². The zero-order chi connectivity index (χ0) is 12.6. The number of benzene rings is 1. The van der Waals surface area contributed by atoms with E-state index in [2.05, 4.69) is 10.9 Å². The van der Waals surface area contributed by atoms with Gasteiger partial charge in [-0.3, -0.25) is 9.59 Å². The lowest BCUT2D eigenvalue weighted by atomic mass is 10.1. The van der Waals surface area contributed by atoms with Crippen molar-refractivity contribution in [1.29, 1.82) is 0 Å². The smallest absolute Gasteiger partial charge is 0.266 e. The van der Waals surface area contributed by atoms with E-state index in [4.69, 9.17) is 0 Å². The normalized spacial score (nSPS) is 14.9. The Balaban J connectivity index is 2.41. The van der Waals surface area contributed by atoms with Crippen LogP contribution in [0, 0.1) is 0 Å². The van der Waals surface area contributed by atoms with E-state index < -0.39 is 21.9 Å². The molecule has 2 amide bonds. The molecule has 1 heterocycles. The molecule has 0 spiro atoms. The number of imide groups is 1. The molecule has 0 aliphatic carbocycles. The number of hydroxylamine groups is 2. The second-order valence-electron chi connectivity index (χ2n) is 3.18. The van der Waals surface area contributed by atoms with Crippen molar-refractivity contribution in [3.8, 4) is 0 Å². The van der Waals surface area contributed by atoms with E-state index in [9.17, 15) is 18.0 Å². The minimum Gasteiger partial charge on any atom is -0.266 e. The summed E-state index contributed by atoms with van der Waals surface area (Å²) in [6.45, 7) is 3.01. The van der Waals surface area contributed by atoms with Crippen LogP contribution in [0.25, 0.3) is 0 Å². The third-order valence-corrected chi connectivity index (χ3v) is 2.90. The SMILES string of the molecule is C=CS(=O)(=O)ON1C(=O)c2ccccc2C1=O. The van der Waals surface area contributed by atoms with Crippen LogP contribution in [0.2, 0.25) is 0 Å². The first-order chi connectivity index (χ1) is 7.96. The average molecular weight is 253 g/mol. The molecule has 0 aromatic heterocycles. The largest absolute Gasteiger partial charge is 0.310 e. The topological polar surface area (TPSA) is 80.8 Å². The van der Waals surface area contributed by atoms with Crippen LogP contribution >= 0.6 is 0 Å². The van der Waals surface area contributed by atoms with Gasteiger partial charge in [-0.15, -0.1) is 9.35 Å². The first-order valence-corrected chi connectivity index (χ1v) is 5.98. The summed E-state index contributed by atoms with van der Waals surface area (Å²) in [5.41, 5.74) is 0.216. The fourth-order valence-electron chi connectivity index (χ4n) is 1.37. The zero-order valence-electron chi connectivity index (χ0n) is 8.49. The Kier molecular flexibility index (Phi) is 2.56. The maximum absolute atomic E-state index is 11.7. The van der Waals surface area contributed by atoms with Crippen molar-refractivity contribution >= 4 is 21.9 Å². The molecule has 0 N–H and O–H groups in total. The molecule has 1 aromatic carbocycles. The number of hydrogen-bond acceptors (Lipinski definition) is 5. The van der Waals surface area contributed by atoms with Crippen LogP contribution in [-0.2, 0) is 14.4 Å². The highest BCUT2D eigenvalue weighted by Gasteiger charge is 2.38. The van der Waals surface area contributed by atoms with Crippen LogP contribution in [0.4, 0.5) is 0 Å². The van der Waals surface area contributed by atoms with Crippen molar-refractivity contribution in [2.75, 3.05) is 0 Å². The summed E-state index contributed by atoms with van der Waals surface area (Å²) in [7, 11) is -4.14. The number of carbonyl (C=O) groups excluding carboxylic acids is 2. The molecular weight excluding hydrogens is 246 g/mol. The molecule has 7 heteroatoms. The Morgan fingerprint density at radius 3 is 2.00 bits per heavy atom. The Hall–Kier alpha value is -1.99. The monoisotopic (exact) mass is 253 g/mol. The molecular formula is C10H7NO5S. The fraction of sp³-hybridized carbons (Fsp3) is 0. The van der Waals surface area contributed by atoms with Crippen LogP contribution in [0.15, 0.2) is 36.3 Å². The van der Waals surface area contributed by atoms with Crippen LogP contribution in [0.3, 0.4) is 0 Å². The van der Waals surface area contributed by atoms with Crippen LogP contribution in [-0.4, -0.2) is 25.3 Å². The van der Waals surface area contributed by atoms with Crippen LogP contribution < -0.4 is 0 Å². The van der Waals surface area contributed by atoms with E-state index in [1.54, 1.807) is 12.1 Å². The molecule has 88 valence electrons. The van der Waals surface area contributed by atoms with Gasteiger partial charge in [0.15, 0.2) is 0 Å². The molecule has 17 heavy (non-hydrogen) atoms. The molecule has 0 bridgehead atoms. The lowest BCUT2D eigenvalue weighted by Gasteiger charge is -2.10. The molecule has 0 atom stereocenters. The van der Waals surface area contributed by atoms with E-state index >= 15 is 0 Å². The summed E-state index contributed by atoms with van der Waals surface area (Å²) in [4.78, 5) is 23.4. The van der Waals surface area contributed by atoms with E-state index in [-0.39, 0.29) is 16.2 Å². The molecule has 2 rings (SSSR count). The molecule has 0 radical (unpaired) electrons. The van der Waals surface area contributed by atoms with Gasteiger partial charge in [0.1, 0.15) is 0 Å². The minimum atomic E-state index is -4.14. The number of amides is 2. The standard InChI is InChI=1S/C10H7NO5S/c1-2-17(14,15)16-11-9(12)7-5-3-4-6-8(7)10(11)13/h2-6H,1H2. The second-order valence-corrected chi connectivity index (χ2v) is 4.65. The van der Waals surface area contributed by atoms with Gasteiger partial charge in [-0.2, -0.15) is 8.42 Å². The average Bonchev–Trinajstić information content (AvgIpc) is 2.55. The van der Waals surface area contributed by atoms with Gasteiger partial charge in [-0.1, -0.05) is 18.7 Å². The number of nitrogens with zero attached hydrogens (tertiary/aromatic N) is 1. The van der Waals surface area contributed by atoms with Crippen LogP contribution in [0.5, 0.6) is 0 Å². The summed E-state index contributed by atoms with van der Waals surface area (Å²) in [5.74, 6) is -1.62. The first kappa shape index (κ1) is 11.5. The highest BCUT2D eigenvalue weighted by atomic mass is 32.2. The van der Waals surface area contributed by atoms with E-state index in [1.165, 1.54) is 12.1 Å². The summed E-state index contributed by atoms with van der Waals surface area (Å²) >= 11 is 0. The molecule has 1 aliphatic rings. The van der Waals surface area contributed by atoms with E-state index in [1.807, 2.05) is 0 Å². The third kappa shape index (κ3) is 1.85. The Labute approximate surface area is 97.2 Å². The van der Waals surface area contributed by atoms with Crippen molar-refractivity contribution in [2.45, 2.75) is 0 Å². The van der Waals surface area contributed by atoms with Gasteiger partial charge in [0.25, 0.3) is 11.8 Å². The highest BCUT2D eigenvalue weighted by molar-refractivity contribution is 7.89. The first-order valence-electron chi connectivity index (χ1n) is 4.51. The summed E-state index contributed by atoms with van der Waals surface area (Å²) in [5, 5.41) is 0.720. The van der Waals surface area contributed by atoms with Gasteiger partial charge in [-0.25, -0.2) is 0 Å². The summed E-state index contributed by atoms with van der Waals surface area (Å²) in [6, 6.07) is 5.96. The van der Waals surface area contributed by atoms with Gasteiger partial charge in [-0.05, 0) is 12.1 Å². The molecule has 0 unspecified atom stereocenters. The Morgan fingerprint density at radius 1 is 1.12 bits per heavy atom. The minimum absolute atomic E-state index is 0.108. The fourth-order valence-corrected chi connectivity index (χ4v) is 1.77. The molecule has 1 aromatic rings. The predicted octanol–water partition coefficient (Wildman–Crippen LogP) is 0.688. The van der Waals surface area contributed by atoms with Crippen molar-refractivity contribution in [1.82, 2.24) is 5.06 Å². The molecule has 0 saturated carbocycles. The van der Waals surface area contributed by atoms with Gasteiger partial charge >= 0.3 is 10.1 Å². The maximum Gasteiger partial charge on any atom is 0.310 e. The summed E-state index contributed by atoms with van der Waals surface area (Å²) < 4.78 is 26.6. The van der Waals surface area contributed by atoms with E-state index in [0.717, 1.165) is 0 Å². The lowest BCUT2D eigenvalue weighted by Crippen LogP contribution is -2.31. The van der Waals surface area contributed by atoms with Crippen molar-refractivity contribution in [3.63, 3.8) is 0 Å². The third-order valence-electron chi connectivity index (χ3n) is 2.14. The van der Waals surface area contributed by atoms with Crippen molar-refractivity contribution in [3.05, 3.63) is 47.4 Å². The van der Waals surface area contributed by atoms with Gasteiger partial charge in [0, 0.05) is 0 Å². The molecule has 0 saturated heterocycles. The van der Waals surface area contributed by atoms with Gasteiger partial charge in [0.2, 0.25) is 0 Å².